The van der Waals surface area contributed by atoms with Crippen LogP contribution < -0.4 is 4.74 Å². The summed E-state index contributed by atoms with van der Waals surface area (Å²) < 4.78 is 18.8. The largest absolute Gasteiger partial charge is 0.496 e. The van der Waals surface area contributed by atoms with E-state index in [9.17, 15) is 9.18 Å². The van der Waals surface area contributed by atoms with Crippen molar-refractivity contribution in [3.05, 3.63) is 29.1 Å². The van der Waals surface area contributed by atoms with Gasteiger partial charge >= 0.3 is 5.97 Å². The van der Waals surface area contributed by atoms with Crippen molar-refractivity contribution < 1.29 is 19.0 Å². The first kappa shape index (κ1) is 11.9. The molecule has 0 bridgehead atoms. The third-order valence-electron chi connectivity index (χ3n) is 2.97. The van der Waals surface area contributed by atoms with E-state index in [4.69, 9.17) is 9.84 Å². The number of carboxylic acids is 1. The molecule has 0 saturated carbocycles. The summed E-state index contributed by atoms with van der Waals surface area (Å²) in [6, 6.07) is 2.98. The number of carboxylic acid groups (broad SMARTS) is 1. The van der Waals surface area contributed by atoms with Crippen molar-refractivity contribution in [1.29, 1.82) is 0 Å². The van der Waals surface area contributed by atoms with Crippen LogP contribution in [0.2, 0.25) is 0 Å². The molecule has 0 amide bonds. The number of rotatable bonds is 3. The van der Waals surface area contributed by atoms with E-state index in [2.05, 4.69) is 0 Å². The minimum Gasteiger partial charge on any atom is -0.496 e. The minimum absolute atomic E-state index is 0.0287. The Balaban J connectivity index is 2.29. The Morgan fingerprint density at radius 3 is 2.94 bits per heavy atom. The first-order valence-electron chi connectivity index (χ1n) is 5.40. The molecule has 0 atom stereocenters. The molecule has 1 aromatic carbocycles. The number of benzene rings is 1. The van der Waals surface area contributed by atoms with Crippen molar-refractivity contribution in [2.45, 2.75) is 13.0 Å². The SMILES string of the molecule is COc1ccc(F)c2c1CN(CC(=O)O)CC2. The first-order chi connectivity index (χ1) is 8.11. The van der Waals surface area contributed by atoms with E-state index in [0.29, 0.717) is 30.8 Å². The highest BCUT2D eigenvalue weighted by molar-refractivity contribution is 5.69. The number of nitrogens with zero attached hydrogens (tertiary/aromatic N) is 1. The van der Waals surface area contributed by atoms with E-state index in [1.165, 1.54) is 13.2 Å². The van der Waals surface area contributed by atoms with Gasteiger partial charge in [0.15, 0.2) is 0 Å². The van der Waals surface area contributed by atoms with Crippen LogP contribution in [0.4, 0.5) is 4.39 Å². The molecule has 1 aliphatic heterocycles. The van der Waals surface area contributed by atoms with Gasteiger partial charge in [0.2, 0.25) is 0 Å². The Morgan fingerprint density at radius 1 is 1.53 bits per heavy atom. The summed E-state index contributed by atoms with van der Waals surface area (Å²) in [6.07, 6.45) is 0.519. The standard InChI is InChI=1S/C12H14FNO3/c1-17-11-3-2-10(13)8-4-5-14(6-9(8)11)7-12(15)16/h2-3H,4-7H2,1H3,(H,15,16). The molecule has 5 heteroatoms. The Labute approximate surface area is 98.6 Å². The third-order valence-corrected chi connectivity index (χ3v) is 2.97. The molecular weight excluding hydrogens is 225 g/mol. The molecule has 1 heterocycles. The van der Waals surface area contributed by atoms with Crippen LogP contribution in [-0.4, -0.2) is 36.2 Å². The first-order valence-corrected chi connectivity index (χ1v) is 5.40. The summed E-state index contributed by atoms with van der Waals surface area (Å²) >= 11 is 0. The van der Waals surface area contributed by atoms with Crippen molar-refractivity contribution in [1.82, 2.24) is 4.90 Å². The highest BCUT2D eigenvalue weighted by Crippen LogP contribution is 2.29. The van der Waals surface area contributed by atoms with Crippen LogP contribution in [0.15, 0.2) is 12.1 Å². The third kappa shape index (κ3) is 2.39. The maximum atomic E-state index is 13.6. The Hall–Kier alpha value is -1.62. The molecule has 0 radical (unpaired) electrons. The van der Waals surface area contributed by atoms with Gasteiger partial charge in [-0.3, -0.25) is 9.69 Å². The topological polar surface area (TPSA) is 49.8 Å². The molecule has 92 valence electrons. The van der Waals surface area contributed by atoms with Crippen LogP contribution in [0.3, 0.4) is 0 Å². The maximum absolute atomic E-state index is 13.6. The maximum Gasteiger partial charge on any atom is 0.317 e. The molecule has 0 fully saturated rings. The lowest BCUT2D eigenvalue weighted by atomic mass is 9.98. The van der Waals surface area contributed by atoms with Gasteiger partial charge in [-0.15, -0.1) is 0 Å². The number of hydrogen-bond donors (Lipinski definition) is 1. The molecule has 0 saturated heterocycles. The monoisotopic (exact) mass is 239 g/mol. The smallest absolute Gasteiger partial charge is 0.317 e. The van der Waals surface area contributed by atoms with Crippen molar-refractivity contribution in [3.8, 4) is 5.75 Å². The fourth-order valence-electron chi connectivity index (χ4n) is 2.18. The summed E-state index contributed by atoms with van der Waals surface area (Å²) in [6.45, 7) is 0.949. The Morgan fingerprint density at radius 2 is 2.29 bits per heavy atom. The van der Waals surface area contributed by atoms with Gasteiger partial charge in [-0.25, -0.2) is 4.39 Å². The zero-order chi connectivity index (χ0) is 12.4. The summed E-state index contributed by atoms with van der Waals surface area (Å²) in [5.41, 5.74) is 1.41. The molecule has 0 aliphatic carbocycles. The number of aliphatic carboxylic acids is 1. The quantitative estimate of drug-likeness (QED) is 0.863. The van der Waals surface area contributed by atoms with Gasteiger partial charge in [0, 0.05) is 18.7 Å². The molecule has 1 aliphatic rings. The number of carbonyl (C=O) groups is 1. The van der Waals surface area contributed by atoms with Gasteiger partial charge in [-0.2, -0.15) is 0 Å². The summed E-state index contributed by atoms with van der Waals surface area (Å²) in [5.74, 6) is -0.490. The Kier molecular flexibility index (Phi) is 3.28. The average Bonchev–Trinajstić information content (AvgIpc) is 2.29. The van der Waals surface area contributed by atoms with Gasteiger partial charge in [0.25, 0.3) is 0 Å². The van der Waals surface area contributed by atoms with Gasteiger partial charge in [-0.1, -0.05) is 0 Å². The number of fused-ring (bicyclic) bond motifs is 1. The van der Waals surface area contributed by atoms with Crippen LogP contribution in [0.5, 0.6) is 5.75 Å². The van der Waals surface area contributed by atoms with Crippen molar-refractivity contribution in [2.75, 3.05) is 20.2 Å². The second-order valence-electron chi connectivity index (χ2n) is 4.06. The molecule has 4 nitrogen and oxygen atoms in total. The highest BCUT2D eigenvalue weighted by Gasteiger charge is 2.23. The predicted molar refractivity (Wildman–Crippen MR) is 59.6 cm³/mol. The van der Waals surface area contributed by atoms with Crippen LogP contribution in [0.1, 0.15) is 11.1 Å². The van der Waals surface area contributed by atoms with Crippen molar-refractivity contribution >= 4 is 5.97 Å². The van der Waals surface area contributed by atoms with E-state index in [1.807, 2.05) is 0 Å². The Bertz CT molecular complexity index is 448. The number of ether oxygens (including phenoxy) is 1. The molecule has 0 unspecified atom stereocenters. The number of halogens is 1. The summed E-state index contributed by atoms with van der Waals surface area (Å²) in [5, 5.41) is 8.75. The van der Waals surface area contributed by atoms with Gasteiger partial charge < -0.3 is 9.84 Å². The van der Waals surface area contributed by atoms with Crippen LogP contribution in [0, 0.1) is 5.82 Å². The number of methoxy groups -OCH3 is 1. The van der Waals surface area contributed by atoms with E-state index in [-0.39, 0.29) is 12.4 Å². The zero-order valence-corrected chi connectivity index (χ0v) is 9.57. The summed E-state index contributed by atoms with van der Waals surface area (Å²) in [4.78, 5) is 12.4. The lowest BCUT2D eigenvalue weighted by molar-refractivity contribution is -0.138. The minimum atomic E-state index is -0.871. The van der Waals surface area contributed by atoms with E-state index in [0.717, 1.165) is 5.56 Å². The molecule has 17 heavy (non-hydrogen) atoms. The molecule has 0 spiro atoms. The predicted octanol–water partition coefficient (Wildman–Crippen LogP) is 1.28. The second-order valence-corrected chi connectivity index (χ2v) is 4.06. The molecule has 2 rings (SSSR count). The van der Waals surface area contributed by atoms with E-state index in [1.54, 1.807) is 11.0 Å². The normalized spacial score (nSPS) is 15.4. The lowest BCUT2D eigenvalue weighted by Crippen LogP contribution is -2.35. The fraction of sp³-hybridized carbons (Fsp3) is 0.417. The van der Waals surface area contributed by atoms with Gasteiger partial charge in [-0.05, 0) is 24.1 Å². The van der Waals surface area contributed by atoms with Crippen molar-refractivity contribution in [2.24, 2.45) is 0 Å². The summed E-state index contributed by atoms with van der Waals surface area (Å²) in [7, 11) is 1.53. The highest BCUT2D eigenvalue weighted by atomic mass is 19.1. The van der Waals surface area contributed by atoms with Crippen LogP contribution >= 0.6 is 0 Å². The van der Waals surface area contributed by atoms with Crippen molar-refractivity contribution in [3.63, 3.8) is 0 Å². The van der Waals surface area contributed by atoms with Gasteiger partial charge in [0.1, 0.15) is 11.6 Å². The number of hydrogen-bond acceptors (Lipinski definition) is 3. The fourth-order valence-corrected chi connectivity index (χ4v) is 2.18. The average molecular weight is 239 g/mol. The molecular formula is C12H14FNO3. The van der Waals surface area contributed by atoms with Crippen LogP contribution in [0.25, 0.3) is 0 Å². The second kappa shape index (κ2) is 4.71. The van der Waals surface area contributed by atoms with Gasteiger partial charge in [0.05, 0.1) is 13.7 Å². The zero-order valence-electron chi connectivity index (χ0n) is 9.57. The van der Waals surface area contributed by atoms with Crippen LogP contribution in [-0.2, 0) is 17.8 Å². The van der Waals surface area contributed by atoms with E-state index >= 15 is 0 Å². The molecule has 0 aromatic heterocycles. The molecule has 1 N–H and O–H groups in total. The lowest BCUT2D eigenvalue weighted by Gasteiger charge is -2.28. The molecule has 1 aromatic rings. The van der Waals surface area contributed by atoms with E-state index < -0.39 is 5.97 Å².